The van der Waals surface area contributed by atoms with Gasteiger partial charge in [-0.05, 0) is 45.2 Å². The highest BCUT2D eigenvalue weighted by Crippen LogP contribution is 2.28. The summed E-state index contributed by atoms with van der Waals surface area (Å²) in [5, 5.41) is 3.19. The minimum atomic E-state index is -3.25. The molecule has 0 aromatic rings. The van der Waals surface area contributed by atoms with Crippen molar-refractivity contribution >= 4 is 10.2 Å². The number of piperidine rings is 1. The van der Waals surface area contributed by atoms with Crippen LogP contribution in [0.15, 0.2) is 0 Å². The van der Waals surface area contributed by atoms with Gasteiger partial charge in [0.15, 0.2) is 0 Å². The molecule has 0 aromatic heterocycles. The van der Waals surface area contributed by atoms with Gasteiger partial charge in [-0.2, -0.15) is 17.0 Å². The van der Waals surface area contributed by atoms with Crippen molar-refractivity contribution in [3.8, 4) is 0 Å². The largest absolute Gasteiger partial charge is 0.319 e. The fourth-order valence-electron chi connectivity index (χ4n) is 3.58. The van der Waals surface area contributed by atoms with Crippen molar-refractivity contribution in [3.63, 3.8) is 0 Å². The highest BCUT2D eigenvalue weighted by atomic mass is 32.2. The molecule has 0 atom stereocenters. The second kappa shape index (κ2) is 7.20. The lowest BCUT2D eigenvalue weighted by atomic mass is 9.98. The highest BCUT2D eigenvalue weighted by Gasteiger charge is 2.36. The van der Waals surface area contributed by atoms with E-state index in [0.717, 1.165) is 32.2 Å². The third-order valence-electron chi connectivity index (χ3n) is 4.73. The minimum absolute atomic E-state index is 0.236. The van der Waals surface area contributed by atoms with Gasteiger partial charge in [-0.25, -0.2) is 0 Å². The molecule has 1 heterocycles. The van der Waals surface area contributed by atoms with Gasteiger partial charge in [-0.1, -0.05) is 19.8 Å². The van der Waals surface area contributed by atoms with Crippen molar-refractivity contribution in [3.05, 3.63) is 0 Å². The van der Waals surface area contributed by atoms with E-state index >= 15 is 0 Å². The third kappa shape index (κ3) is 3.53. The van der Waals surface area contributed by atoms with Gasteiger partial charge in [-0.15, -0.1) is 0 Å². The van der Waals surface area contributed by atoms with Crippen molar-refractivity contribution in [2.24, 2.45) is 5.92 Å². The van der Waals surface area contributed by atoms with Crippen LogP contribution < -0.4 is 5.32 Å². The molecule has 1 saturated heterocycles. The summed E-state index contributed by atoms with van der Waals surface area (Å²) < 4.78 is 29.1. The molecule has 6 heteroatoms. The van der Waals surface area contributed by atoms with Gasteiger partial charge < -0.3 is 5.32 Å². The Labute approximate surface area is 123 Å². The van der Waals surface area contributed by atoms with Gasteiger partial charge in [0.25, 0.3) is 10.2 Å². The molecule has 1 saturated carbocycles. The van der Waals surface area contributed by atoms with E-state index in [-0.39, 0.29) is 6.04 Å². The zero-order valence-electron chi connectivity index (χ0n) is 12.8. The third-order valence-corrected chi connectivity index (χ3v) is 6.90. The molecule has 0 unspecified atom stereocenters. The van der Waals surface area contributed by atoms with Crippen molar-refractivity contribution in [2.75, 3.05) is 33.2 Å². The van der Waals surface area contributed by atoms with E-state index in [9.17, 15) is 8.42 Å². The van der Waals surface area contributed by atoms with Crippen molar-refractivity contribution < 1.29 is 8.42 Å². The van der Waals surface area contributed by atoms with Gasteiger partial charge in [0.2, 0.25) is 0 Å². The van der Waals surface area contributed by atoms with E-state index in [1.807, 2.05) is 14.0 Å². The van der Waals surface area contributed by atoms with Gasteiger partial charge >= 0.3 is 0 Å². The van der Waals surface area contributed by atoms with Crippen LogP contribution in [-0.4, -0.2) is 56.3 Å². The summed E-state index contributed by atoms with van der Waals surface area (Å²) in [5.41, 5.74) is 0. The van der Waals surface area contributed by atoms with Crippen LogP contribution in [-0.2, 0) is 10.2 Å². The molecule has 2 rings (SSSR count). The van der Waals surface area contributed by atoms with Gasteiger partial charge in [-0.3, -0.25) is 0 Å². The molecule has 2 fully saturated rings. The molecule has 0 amide bonds. The SMILES string of the molecule is CCN(C1CCCC1)S(=O)(=O)N1CCC(CNC)CC1. The quantitative estimate of drug-likeness (QED) is 0.807. The normalized spacial score (nSPS) is 23.8. The van der Waals surface area contributed by atoms with Crippen LogP contribution in [0.1, 0.15) is 45.4 Å². The van der Waals surface area contributed by atoms with Crippen molar-refractivity contribution in [2.45, 2.75) is 51.5 Å². The topological polar surface area (TPSA) is 52.7 Å². The molecule has 0 radical (unpaired) electrons. The highest BCUT2D eigenvalue weighted by molar-refractivity contribution is 7.86. The van der Waals surface area contributed by atoms with Crippen LogP contribution in [0.25, 0.3) is 0 Å². The minimum Gasteiger partial charge on any atom is -0.319 e. The lowest BCUT2D eigenvalue weighted by Crippen LogP contribution is -2.50. The summed E-state index contributed by atoms with van der Waals surface area (Å²) in [6.45, 7) is 4.91. The van der Waals surface area contributed by atoms with Crippen LogP contribution in [0.5, 0.6) is 0 Å². The zero-order valence-corrected chi connectivity index (χ0v) is 13.7. The van der Waals surface area contributed by atoms with Crippen LogP contribution >= 0.6 is 0 Å². The van der Waals surface area contributed by atoms with Gasteiger partial charge in [0.05, 0.1) is 0 Å². The molecule has 118 valence electrons. The molecule has 2 aliphatic rings. The van der Waals surface area contributed by atoms with Crippen LogP contribution in [0, 0.1) is 5.92 Å². The molecule has 1 N–H and O–H groups in total. The molecule has 20 heavy (non-hydrogen) atoms. The summed E-state index contributed by atoms with van der Waals surface area (Å²) in [5.74, 6) is 0.619. The first-order valence-electron chi connectivity index (χ1n) is 8.01. The lowest BCUT2D eigenvalue weighted by Gasteiger charge is -2.36. The maximum atomic E-state index is 12.8. The number of hydrogen-bond acceptors (Lipinski definition) is 3. The Morgan fingerprint density at radius 1 is 1.15 bits per heavy atom. The lowest BCUT2D eigenvalue weighted by molar-refractivity contribution is 0.238. The fraction of sp³-hybridized carbons (Fsp3) is 1.00. The van der Waals surface area contributed by atoms with Crippen LogP contribution in [0.3, 0.4) is 0 Å². The molecule has 1 aliphatic carbocycles. The van der Waals surface area contributed by atoms with E-state index in [1.54, 1.807) is 8.61 Å². The fourth-order valence-corrected chi connectivity index (χ4v) is 5.47. The van der Waals surface area contributed by atoms with Crippen LogP contribution in [0.4, 0.5) is 0 Å². The first kappa shape index (κ1) is 16.2. The maximum absolute atomic E-state index is 12.8. The maximum Gasteiger partial charge on any atom is 0.282 e. The molecule has 1 aliphatic heterocycles. The van der Waals surface area contributed by atoms with Gasteiger partial charge in [0, 0.05) is 25.7 Å². The molecule has 0 bridgehead atoms. The van der Waals surface area contributed by atoms with Crippen LogP contribution in [0.2, 0.25) is 0 Å². The Kier molecular flexibility index (Phi) is 5.84. The van der Waals surface area contributed by atoms with E-state index in [4.69, 9.17) is 0 Å². The predicted octanol–water partition coefficient (Wildman–Crippen LogP) is 1.43. The Morgan fingerprint density at radius 3 is 2.25 bits per heavy atom. The first-order valence-corrected chi connectivity index (χ1v) is 9.40. The van der Waals surface area contributed by atoms with Crippen molar-refractivity contribution in [1.29, 1.82) is 0 Å². The Bertz CT molecular complexity index is 385. The molecular formula is C14H29N3O2S. The average molecular weight is 303 g/mol. The molecule has 0 spiro atoms. The summed E-state index contributed by atoms with van der Waals surface area (Å²) in [6.07, 6.45) is 6.35. The van der Waals surface area contributed by atoms with E-state index in [1.165, 1.54) is 12.8 Å². The number of rotatable bonds is 6. The zero-order chi connectivity index (χ0) is 14.6. The average Bonchev–Trinajstić information content (AvgIpc) is 2.94. The smallest absolute Gasteiger partial charge is 0.282 e. The Balaban J connectivity index is 1.98. The van der Waals surface area contributed by atoms with Crippen molar-refractivity contribution in [1.82, 2.24) is 13.9 Å². The summed E-state index contributed by atoms with van der Waals surface area (Å²) >= 11 is 0. The molecule has 5 nitrogen and oxygen atoms in total. The first-order chi connectivity index (χ1) is 9.59. The van der Waals surface area contributed by atoms with Gasteiger partial charge in [0.1, 0.15) is 0 Å². The molecule has 0 aromatic carbocycles. The second-order valence-electron chi connectivity index (χ2n) is 6.05. The molecular weight excluding hydrogens is 274 g/mol. The predicted molar refractivity (Wildman–Crippen MR) is 81.8 cm³/mol. The van der Waals surface area contributed by atoms with E-state index < -0.39 is 10.2 Å². The number of nitrogens with zero attached hydrogens (tertiary/aromatic N) is 2. The standard InChI is InChI=1S/C14H29N3O2S/c1-3-17(14-6-4-5-7-14)20(18,19)16-10-8-13(9-11-16)12-15-2/h13-15H,3-12H2,1-2H3. The summed E-state index contributed by atoms with van der Waals surface area (Å²) in [4.78, 5) is 0. The summed E-state index contributed by atoms with van der Waals surface area (Å²) in [7, 11) is -1.29. The Hall–Kier alpha value is -0.170. The van der Waals surface area contributed by atoms with E-state index in [2.05, 4.69) is 5.32 Å². The number of hydrogen-bond donors (Lipinski definition) is 1. The second-order valence-corrected chi connectivity index (χ2v) is 7.93. The van der Waals surface area contributed by atoms with E-state index in [0.29, 0.717) is 25.6 Å². The monoisotopic (exact) mass is 303 g/mol. The summed E-state index contributed by atoms with van der Waals surface area (Å²) in [6, 6.07) is 0.236. The Morgan fingerprint density at radius 2 is 1.75 bits per heavy atom. The number of nitrogens with one attached hydrogen (secondary N) is 1.